The Morgan fingerprint density at radius 3 is 1.69 bits per heavy atom. The van der Waals surface area contributed by atoms with Crippen LogP contribution in [0.15, 0.2) is 115 Å². The van der Waals surface area contributed by atoms with Gasteiger partial charge >= 0.3 is 5.97 Å². The van der Waals surface area contributed by atoms with Gasteiger partial charge in [0.15, 0.2) is 5.78 Å². The first-order valence-electron chi connectivity index (χ1n) is 16.1. The minimum absolute atomic E-state index is 0.0279. The van der Waals surface area contributed by atoms with Crippen LogP contribution in [0.1, 0.15) is 65.2 Å². The lowest BCUT2D eigenvalue weighted by atomic mass is 9.55. The highest BCUT2D eigenvalue weighted by molar-refractivity contribution is 6.36. The minimum Gasteiger partial charge on any atom is -0.423 e. The minimum atomic E-state index is -0.776. The lowest BCUT2D eigenvalue weighted by molar-refractivity contribution is -0.154. The summed E-state index contributed by atoms with van der Waals surface area (Å²) in [6.45, 7) is -0.643. The number of benzene rings is 5. The molecule has 0 aromatic heterocycles. The number of hydrogen-bond donors (Lipinski definition) is 0. The van der Waals surface area contributed by atoms with E-state index in [-0.39, 0.29) is 32.5 Å². The predicted octanol–water partition coefficient (Wildman–Crippen LogP) is 8.00. The van der Waals surface area contributed by atoms with Crippen molar-refractivity contribution in [3.63, 3.8) is 0 Å². The lowest BCUT2D eigenvalue weighted by Gasteiger charge is -2.45. The van der Waals surface area contributed by atoms with E-state index in [2.05, 4.69) is 0 Å². The number of esters is 1. The molecule has 5 aromatic carbocycles. The van der Waals surface area contributed by atoms with Gasteiger partial charge in [0.05, 0.1) is 33.0 Å². The van der Waals surface area contributed by atoms with Crippen molar-refractivity contribution in [2.75, 3.05) is 6.54 Å². The fourth-order valence-corrected chi connectivity index (χ4v) is 8.36. The van der Waals surface area contributed by atoms with E-state index in [9.17, 15) is 24.0 Å². The van der Waals surface area contributed by atoms with Crippen LogP contribution in [0.2, 0.25) is 15.1 Å². The average Bonchev–Trinajstić information content (AvgIpc) is 3.40. The molecule has 9 rings (SSSR count). The van der Waals surface area contributed by atoms with Crippen molar-refractivity contribution in [2.45, 2.75) is 11.8 Å². The molecule has 1 aliphatic heterocycles. The largest absolute Gasteiger partial charge is 0.423 e. The van der Waals surface area contributed by atoms with E-state index in [4.69, 9.17) is 39.5 Å². The molecule has 3 amide bonds. The zero-order valence-electron chi connectivity index (χ0n) is 26.5. The van der Waals surface area contributed by atoms with Crippen LogP contribution in [0.3, 0.4) is 0 Å². The second kappa shape index (κ2) is 12.8. The SMILES string of the molecule is O=C(CN(C(=O)c1ccccc1Cl)N1C(=O)[C@@H]2C3c4ccccc4C(c4ccccc43)[C@@H]2C1=O)c1ccc(OC(=O)c2ccc(Cl)cc2Cl)cc1. The molecule has 252 valence electrons. The first-order valence-corrected chi connectivity index (χ1v) is 17.2. The summed E-state index contributed by atoms with van der Waals surface area (Å²) >= 11 is 18.5. The fourth-order valence-electron chi connectivity index (χ4n) is 7.66. The first kappa shape index (κ1) is 32.9. The van der Waals surface area contributed by atoms with Gasteiger partial charge in [0, 0.05) is 22.4 Å². The van der Waals surface area contributed by atoms with Gasteiger partial charge in [-0.1, -0.05) is 95.5 Å². The predicted molar refractivity (Wildman–Crippen MR) is 190 cm³/mol. The third kappa shape index (κ3) is 5.42. The number of nitrogens with zero attached hydrogens (tertiary/aromatic N) is 2. The normalized spacial score (nSPS) is 19.6. The van der Waals surface area contributed by atoms with Crippen LogP contribution in [0.5, 0.6) is 5.75 Å². The highest BCUT2D eigenvalue weighted by Crippen LogP contribution is 2.61. The first-order chi connectivity index (χ1) is 24.6. The standard InChI is InChI=1S/C40H25Cl3N2O6/c41-22-15-18-29(31(43)19-22)40(50)51-23-16-13-21(14-17-23)32(46)20-44(37(47)28-11-5-6-12-30(28)42)45-38(48)35-33-24-7-1-2-8-25(24)34(36(35)39(45)49)27-10-4-3-9-26(27)33/h1-19,33-36H,20H2/t33?,34?,35-,36+. The molecule has 0 unspecified atom stereocenters. The van der Waals surface area contributed by atoms with Crippen molar-refractivity contribution in [1.29, 1.82) is 0 Å². The van der Waals surface area contributed by atoms with E-state index >= 15 is 0 Å². The Bertz CT molecular complexity index is 2190. The Kier molecular flexibility index (Phi) is 8.26. The van der Waals surface area contributed by atoms with Crippen LogP contribution in [0, 0.1) is 11.8 Å². The van der Waals surface area contributed by atoms with E-state index in [1.807, 2.05) is 48.5 Å². The van der Waals surface area contributed by atoms with Crippen LogP contribution in [-0.4, -0.2) is 46.0 Å². The molecule has 8 nitrogen and oxygen atoms in total. The summed E-state index contributed by atoms with van der Waals surface area (Å²) in [5.41, 5.74) is 4.19. The molecular formula is C40H25Cl3N2O6. The van der Waals surface area contributed by atoms with Gasteiger partial charge in [-0.05, 0) is 76.9 Å². The van der Waals surface area contributed by atoms with Gasteiger partial charge in [-0.2, -0.15) is 5.01 Å². The van der Waals surface area contributed by atoms with Crippen molar-refractivity contribution >= 4 is 64.3 Å². The van der Waals surface area contributed by atoms with Gasteiger partial charge < -0.3 is 4.74 Å². The Hall–Kier alpha value is -5.28. The molecule has 0 spiro atoms. The van der Waals surface area contributed by atoms with Crippen molar-refractivity contribution in [1.82, 2.24) is 10.0 Å². The summed E-state index contributed by atoms with van der Waals surface area (Å²) in [4.78, 5) is 69.9. The second-order valence-electron chi connectivity index (χ2n) is 12.6. The third-order valence-electron chi connectivity index (χ3n) is 9.84. The molecule has 11 heteroatoms. The van der Waals surface area contributed by atoms with E-state index in [0.29, 0.717) is 5.02 Å². The molecule has 5 aromatic rings. The van der Waals surface area contributed by atoms with Crippen molar-refractivity contribution in [3.05, 3.63) is 169 Å². The summed E-state index contributed by atoms with van der Waals surface area (Å²) in [6.07, 6.45) is 0. The topological polar surface area (TPSA) is 101 Å². The summed E-state index contributed by atoms with van der Waals surface area (Å²) in [5.74, 6) is -5.39. The Balaban J connectivity index is 1.12. The number of carbonyl (C=O) groups excluding carboxylic acids is 5. The number of ether oxygens (including phenoxy) is 1. The smallest absolute Gasteiger partial charge is 0.345 e. The number of hydrogen-bond acceptors (Lipinski definition) is 6. The fraction of sp³-hybridized carbons (Fsp3) is 0.125. The Morgan fingerprint density at radius 1 is 0.627 bits per heavy atom. The molecule has 2 atom stereocenters. The number of ketones is 1. The van der Waals surface area contributed by atoms with Gasteiger partial charge in [0.1, 0.15) is 12.3 Å². The molecule has 1 fully saturated rings. The van der Waals surface area contributed by atoms with Crippen LogP contribution in [0.4, 0.5) is 0 Å². The highest BCUT2D eigenvalue weighted by Gasteiger charge is 2.63. The zero-order valence-corrected chi connectivity index (χ0v) is 28.7. The van der Waals surface area contributed by atoms with Crippen molar-refractivity contribution < 1.29 is 28.7 Å². The zero-order chi connectivity index (χ0) is 35.6. The molecule has 1 heterocycles. The number of halogens is 3. The molecular weight excluding hydrogens is 711 g/mol. The molecule has 1 saturated heterocycles. The maximum atomic E-state index is 14.5. The molecule has 51 heavy (non-hydrogen) atoms. The number of hydrazine groups is 1. The number of Topliss-reactive ketones (excluding diaryl/α,β-unsaturated/α-hetero) is 1. The number of imide groups is 1. The summed E-state index contributed by atoms with van der Waals surface area (Å²) in [7, 11) is 0. The Morgan fingerprint density at radius 2 is 1.16 bits per heavy atom. The molecule has 0 radical (unpaired) electrons. The second-order valence-corrected chi connectivity index (χ2v) is 13.8. The number of amides is 3. The van der Waals surface area contributed by atoms with Crippen LogP contribution < -0.4 is 4.74 Å². The maximum Gasteiger partial charge on any atom is 0.345 e. The molecule has 0 N–H and O–H groups in total. The summed E-state index contributed by atoms with van der Waals surface area (Å²) in [6, 6.07) is 31.9. The highest BCUT2D eigenvalue weighted by atomic mass is 35.5. The van der Waals surface area contributed by atoms with E-state index in [0.717, 1.165) is 32.3 Å². The van der Waals surface area contributed by atoms with E-state index in [1.54, 1.807) is 12.1 Å². The van der Waals surface area contributed by atoms with Gasteiger partial charge in [0.25, 0.3) is 17.7 Å². The third-order valence-corrected chi connectivity index (χ3v) is 10.7. The average molecular weight is 736 g/mol. The molecule has 0 saturated carbocycles. The quantitative estimate of drug-likeness (QED) is 0.0727. The molecule has 3 aliphatic carbocycles. The molecule has 2 bridgehead atoms. The summed E-state index contributed by atoms with van der Waals surface area (Å²) < 4.78 is 5.43. The van der Waals surface area contributed by atoms with Gasteiger partial charge in [-0.25, -0.2) is 9.80 Å². The number of rotatable bonds is 7. The van der Waals surface area contributed by atoms with Crippen LogP contribution in [0.25, 0.3) is 0 Å². The molecule has 4 aliphatic rings. The van der Waals surface area contributed by atoms with Gasteiger partial charge in [-0.3, -0.25) is 19.2 Å². The van der Waals surface area contributed by atoms with Crippen molar-refractivity contribution in [2.24, 2.45) is 11.8 Å². The van der Waals surface area contributed by atoms with Gasteiger partial charge in [-0.15, -0.1) is 0 Å². The van der Waals surface area contributed by atoms with Crippen LogP contribution in [-0.2, 0) is 9.59 Å². The Labute approximate surface area is 307 Å². The lowest BCUT2D eigenvalue weighted by Crippen LogP contribution is -2.52. The maximum absolute atomic E-state index is 14.5. The van der Waals surface area contributed by atoms with Gasteiger partial charge in [0.2, 0.25) is 0 Å². The van der Waals surface area contributed by atoms with E-state index in [1.165, 1.54) is 54.6 Å². The monoisotopic (exact) mass is 734 g/mol. The summed E-state index contributed by atoms with van der Waals surface area (Å²) in [5, 5.41) is 2.36. The number of carbonyl (C=O) groups is 5. The van der Waals surface area contributed by atoms with Crippen molar-refractivity contribution in [3.8, 4) is 5.75 Å². The van der Waals surface area contributed by atoms with Crippen LogP contribution >= 0.6 is 34.8 Å². The van der Waals surface area contributed by atoms with E-state index < -0.39 is 59.7 Å².